The minimum absolute atomic E-state index is 0.0405. The topological polar surface area (TPSA) is 63.6 Å². The van der Waals surface area contributed by atoms with Crippen LogP contribution in [-0.2, 0) is 14.3 Å². The molecule has 0 aromatic heterocycles. The number of carboxylic acids is 1. The number of carbonyl (C=O) groups is 2. The normalized spacial score (nSPS) is 35.7. The third-order valence-electron chi connectivity index (χ3n) is 6.97. The molecule has 0 spiro atoms. The predicted molar refractivity (Wildman–Crippen MR) is 98.1 cm³/mol. The summed E-state index contributed by atoms with van der Waals surface area (Å²) in [5.74, 6) is 0.378. The van der Waals surface area contributed by atoms with Crippen LogP contribution in [0.4, 0.5) is 0 Å². The number of esters is 1. The monoisotopic (exact) mass is 350 g/mol. The summed E-state index contributed by atoms with van der Waals surface area (Å²) in [7, 11) is 0. The summed E-state index contributed by atoms with van der Waals surface area (Å²) in [5, 5.41) is 9.03. The van der Waals surface area contributed by atoms with Crippen LogP contribution in [-0.4, -0.2) is 23.7 Å². The molecule has 142 valence electrons. The zero-order valence-corrected chi connectivity index (χ0v) is 16.2. The van der Waals surface area contributed by atoms with Gasteiger partial charge in [0, 0.05) is 18.8 Å². The van der Waals surface area contributed by atoms with E-state index in [9.17, 15) is 9.59 Å². The van der Waals surface area contributed by atoms with E-state index in [1.807, 2.05) is 6.92 Å². The highest BCUT2D eigenvalue weighted by atomic mass is 16.5. The maximum absolute atomic E-state index is 11.4. The van der Waals surface area contributed by atoms with E-state index in [-0.39, 0.29) is 29.1 Å². The smallest absolute Gasteiger partial charge is 0.303 e. The van der Waals surface area contributed by atoms with E-state index in [1.165, 1.54) is 6.92 Å². The molecule has 0 saturated heterocycles. The van der Waals surface area contributed by atoms with Crippen LogP contribution in [0.5, 0.6) is 0 Å². The first-order valence-corrected chi connectivity index (χ1v) is 9.72. The molecule has 0 aromatic rings. The summed E-state index contributed by atoms with van der Waals surface area (Å²) in [4.78, 5) is 22.4. The highest BCUT2D eigenvalue weighted by Gasteiger charge is 2.53. The summed E-state index contributed by atoms with van der Waals surface area (Å²) in [6.07, 6.45) is 11.2. The van der Waals surface area contributed by atoms with E-state index < -0.39 is 5.97 Å². The Kier molecular flexibility index (Phi) is 6.34. The highest BCUT2D eigenvalue weighted by molar-refractivity contribution is 5.67. The van der Waals surface area contributed by atoms with Gasteiger partial charge in [-0.2, -0.15) is 0 Å². The van der Waals surface area contributed by atoms with Gasteiger partial charge in [0.25, 0.3) is 0 Å². The molecular formula is C21H34O4. The number of aliphatic carboxylic acids is 1. The van der Waals surface area contributed by atoms with E-state index in [2.05, 4.69) is 26.0 Å². The van der Waals surface area contributed by atoms with Crippen molar-refractivity contribution in [1.82, 2.24) is 0 Å². The van der Waals surface area contributed by atoms with Gasteiger partial charge in [0.1, 0.15) is 6.61 Å². The lowest BCUT2D eigenvalue weighted by molar-refractivity contribution is -0.150. The lowest BCUT2D eigenvalue weighted by Gasteiger charge is -2.57. The SMILES string of the molecule is CC(=O)OCC12C=CCCC1C(C)(CCC(C)CC(=O)O)C(C)CC2. The molecule has 4 heteroatoms. The second-order valence-electron chi connectivity index (χ2n) is 8.73. The van der Waals surface area contributed by atoms with Crippen molar-refractivity contribution in [3.8, 4) is 0 Å². The van der Waals surface area contributed by atoms with Crippen LogP contribution in [0.3, 0.4) is 0 Å². The minimum atomic E-state index is -0.709. The van der Waals surface area contributed by atoms with Crippen LogP contribution in [0.1, 0.15) is 72.6 Å². The van der Waals surface area contributed by atoms with Crippen molar-refractivity contribution in [3.05, 3.63) is 12.2 Å². The van der Waals surface area contributed by atoms with Crippen LogP contribution < -0.4 is 0 Å². The molecule has 1 fully saturated rings. The number of carbonyl (C=O) groups excluding carboxylic acids is 1. The van der Waals surface area contributed by atoms with Crippen molar-refractivity contribution in [1.29, 1.82) is 0 Å². The molecule has 5 atom stereocenters. The first-order valence-electron chi connectivity index (χ1n) is 9.72. The zero-order chi connectivity index (χ0) is 18.7. The van der Waals surface area contributed by atoms with Gasteiger partial charge >= 0.3 is 11.9 Å². The second-order valence-corrected chi connectivity index (χ2v) is 8.73. The summed E-state index contributed by atoms with van der Waals surface area (Å²) >= 11 is 0. The summed E-state index contributed by atoms with van der Waals surface area (Å²) < 4.78 is 5.48. The van der Waals surface area contributed by atoms with Gasteiger partial charge < -0.3 is 9.84 Å². The molecule has 4 nitrogen and oxygen atoms in total. The quantitative estimate of drug-likeness (QED) is 0.527. The Morgan fingerprint density at radius 1 is 1.36 bits per heavy atom. The molecule has 25 heavy (non-hydrogen) atoms. The molecule has 0 aromatic carbocycles. The van der Waals surface area contributed by atoms with Gasteiger partial charge in [0.05, 0.1) is 0 Å². The van der Waals surface area contributed by atoms with Crippen LogP contribution in [0.25, 0.3) is 0 Å². The van der Waals surface area contributed by atoms with Gasteiger partial charge in [0.2, 0.25) is 0 Å². The molecule has 1 N–H and O–H groups in total. The van der Waals surface area contributed by atoms with E-state index in [1.54, 1.807) is 0 Å². The molecule has 2 rings (SSSR count). The Hall–Kier alpha value is -1.32. The number of carboxylic acid groups (broad SMARTS) is 1. The van der Waals surface area contributed by atoms with Gasteiger partial charge in [0.15, 0.2) is 0 Å². The average molecular weight is 350 g/mol. The maximum Gasteiger partial charge on any atom is 0.303 e. The molecule has 2 aliphatic rings. The Bertz CT molecular complexity index is 526. The van der Waals surface area contributed by atoms with Gasteiger partial charge in [-0.05, 0) is 61.7 Å². The fourth-order valence-corrected chi connectivity index (χ4v) is 5.22. The Labute approximate surface area is 152 Å². The van der Waals surface area contributed by atoms with Crippen molar-refractivity contribution in [2.24, 2.45) is 28.6 Å². The molecule has 1 saturated carbocycles. The predicted octanol–water partition coefficient (Wildman–Crippen LogP) is 4.83. The number of hydrogen-bond acceptors (Lipinski definition) is 3. The van der Waals surface area contributed by atoms with Crippen molar-refractivity contribution in [2.75, 3.05) is 6.61 Å². The summed E-state index contributed by atoms with van der Waals surface area (Å²) in [6.45, 7) is 8.73. The first-order chi connectivity index (χ1) is 11.7. The fourth-order valence-electron chi connectivity index (χ4n) is 5.22. The molecule has 5 unspecified atom stereocenters. The van der Waals surface area contributed by atoms with E-state index in [4.69, 9.17) is 9.84 Å². The van der Waals surface area contributed by atoms with Crippen LogP contribution >= 0.6 is 0 Å². The molecule has 0 bridgehead atoms. The maximum atomic E-state index is 11.4. The molecule has 2 aliphatic carbocycles. The van der Waals surface area contributed by atoms with E-state index in [0.29, 0.717) is 18.4 Å². The number of fused-ring (bicyclic) bond motifs is 1. The largest absolute Gasteiger partial charge is 0.481 e. The lowest BCUT2D eigenvalue weighted by atomic mass is 9.48. The van der Waals surface area contributed by atoms with Crippen molar-refractivity contribution < 1.29 is 19.4 Å². The molecule has 0 radical (unpaired) electrons. The van der Waals surface area contributed by atoms with Gasteiger partial charge in [-0.1, -0.05) is 32.9 Å². The third kappa shape index (κ3) is 4.45. The number of ether oxygens (including phenoxy) is 1. The highest BCUT2D eigenvalue weighted by Crippen LogP contribution is 2.60. The molecule has 0 heterocycles. The second kappa shape index (κ2) is 7.92. The van der Waals surface area contributed by atoms with Crippen LogP contribution in [0, 0.1) is 28.6 Å². The van der Waals surface area contributed by atoms with Gasteiger partial charge in [-0.3, -0.25) is 9.59 Å². The first kappa shape index (κ1) is 20.0. The molecule has 0 amide bonds. The van der Waals surface area contributed by atoms with Crippen molar-refractivity contribution >= 4 is 11.9 Å². The number of rotatable bonds is 7. The standard InChI is InChI=1S/C21H34O4/c1-15(13-19(23)24)8-11-20(4)16(2)9-12-21(14-25-17(3)22)10-6-5-7-18(20)21/h6,10,15-16,18H,5,7-9,11-14H2,1-4H3,(H,23,24). The third-order valence-corrected chi connectivity index (χ3v) is 6.97. The minimum Gasteiger partial charge on any atom is -0.481 e. The van der Waals surface area contributed by atoms with Crippen LogP contribution in [0.2, 0.25) is 0 Å². The molecule has 0 aliphatic heterocycles. The van der Waals surface area contributed by atoms with Crippen molar-refractivity contribution in [2.45, 2.75) is 72.6 Å². The van der Waals surface area contributed by atoms with E-state index >= 15 is 0 Å². The Balaban J connectivity index is 2.18. The molecular weight excluding hydrogens is 316 g/mol. The zero-order valence-electron chi connectivity index (χ0n) is 16.2. The Morgan fingerprint density at radius 3 is 2.72 bits per heavy atom. The fraction of sp³-hybridized carbons (Fsp3) is 0.810. The lowest BCUT2D eigenvalue weighted by Crippen LogP contribution is -2.51. The van der Waals surface area contributed by atoms with Crippen molar-refractivity contribution in [3.63, 3.8) is 0 Å². The van der Waals surface area contributed by atoms with Gasteiger partial charge in [-0.15, -0.1) is 0 Å². The number of allylic oxidation sites excluding steroid dienone is 1. The number of hydrogen-bond donors (Lipinski definition) is 1. The summed E-state index contributed by atoms with van der Waals surface area (Å²) in [6, 6.07) is 0. The summed E-state index contributed by atoms with van der Waals surface area (Å²) in [5.41, 5.74) is 0.122. The average Bonchev–Trinajstić information content (AvgIpc) is 2.55. The van der Waals surface area contributed by atoms with Gasteiger partial charge in [-0.25, -0.2) is 0 Å². The van der Waals surface area contributed by atoms with E-state index in [0.717, 1.165) is 38.5 Å². The Morgan fingerprint density at radius 2 is 2.08 bits per heavy atom. The van der Waals surface area contributed by atoms with Crippen LogP contribution in [0.15, 0.2) is 12.2 Å².